The van der Waals surface area contributed by atoms with Gasteiger partial charge < -0.3 is 13.8 Å². The van der Waals surface area contributed by atoms with E-state index in [4.69, 9.17) is 13.8 Å². The Labute approximate surface area is 159 Å². The standard InChI is InChI=1S/C21H45O3P/c1-3-5-6-7-8-9-10-11-12-13-14-15-16-17-19-22-20-18-21-24-25-23-4-2/h25H,3-21H2,1-2H3. The van der Waals surface area contributed by atoms with Gasteiger partial charge in [0.2, 0.25) is 0 Å². The van der Waals surface area contributed by atoms with E-state index in [1.165, 1.54) is 89.9 Å². The topological polar surface area (TPSA) is 27.7 Å². The van der Waals surface area contributed by atoms with E-state index in [1.807, 2.05) is 6.92 Å². The zero-order chi connectivity index (χ0) is 18.3. The summed E-state index contributed by atoms with van der Waals surface area (Å²) in [6.45, 7) is 7.47. The Morgan fingerprint density at radius 2 is 0.960 bits per heavy atom. The molecule has 0 heterocycles. The zero-order valence-electron chi connectivity index (χ0n) is 17.2. The molecule has 0 amide bonds. The van der Waals surface area contributed by atoms with E-state index in [0.29, 0.717) is 0 Å². The Hall–Kier alpha value is 0.310. The van der Waals surface area contributed by atoms with Crippen LogP contribution in [0.4, 0.5) is 0 Å². The molecule has 0 aliphatic heterocycles. The van der Waals surface area contributed by atoms with Gasteiger partial charge in [-0.25, -0.2) is 0 Å². The van der Waals surface area contributed by atoms with Crippen molar-refractivity contribution in [2.45, 2.75) is 110 Å². The van der Waals surface area contributed by atoms with Crippen LogP contribution in [0.1, 0.15) is 110 Å². The molecule has 0 saturated heterocycles. The molecular formula is C21H45O3P. The van der Waals surface area contributed by atoms with Crippen molar-refractivity contribution in [2.75, 3.05) is 26.4 Å². The van der Waals surface area contributed by atoms with Crippen molar-refractivity contribution >= 4 is 9.03 Å². The molecule has 0 aromatic rings. The highest BCUT2D eigenvalue weighted by molar-refractivity contribution is 7.26. The summed E-state index contributed by atoms with van der Waals surface area (Å²) in [5.41, 5.74) is 0. The second kappa shape index (κ2) is 24.3. The van der Waals surface area contributed by atoms with Gasteiger partial charge >= 0.3 is 0 Å². The summed E-state index contributed by atoms with van der Waals surface area (Å²) in [6, 6.07) is 0. The van der Waals surface area contributed by atoms with Gasteiger partial charge in [0.1, 0.15) is 0 Å². The van der Waals surface area contributed by atoms with Crippen molar-refractivity contribution in [3.05, 3.63) is 0 Å². The van der Waals surface area contributed by atoms with Gasteiger partial charge in [0.25, 0.3) is 0 Å². The Bertz CT molecular complexity index is 205. The molecule has 3 nitrogen and oxygen atoms in total. The lowest BCUT2D eigenvalue weighted by Gasteiger charge is -2.05. The van der Waals surface area contributed by atoms with Gasteiger partial charge in [-0.05, 0) is 19.8 Å². The van der Waals surface area contributed by atoms with E-state index >= 15 is 0 Å². The highest BCUT2D eigenvalue weighted by atomic mass is 31.1. The summed E-state index contributed by atoms with van der Waals surface area (Å²) in [7, 11) is 0.187. The van der Waals surface area contributed by atoms with Crippen LogP contribution in [0, 0.1) is 0 Å². The third kappa shape index (κ3) is 24.3. The van der Waals surface area contributed by atoms with Crippen LogP contribution in [0.5, 0.6) is 0 Å². The van der Waals surface area contributed by atoms with Crippen molar-refractivity contribution in [3.63, 3.8) is 0 Å². The molecule has 0 spiro atoms. The van der Waals surface area contributed by atoms with Crippen LogP contribution in [0.3, 0.4) is 0 Å². The minimum atomic E-state index is 0.187. The third-order valence-corrected chi connectivity index (χ3v) is 5.17. The smallest absolute Gasteiger partial charge is 0.155 e. The predicted molar refractivity (Wildman–Crippen MR) is 112 cm³/mol. The number of unbranched alkanes of at least 4 members (excludes halogenated alkanes) is 13. The third-order valence-electron chi connectivity index (χ3n) is 4.44. The lowest BCUT2D eigenvalue weighted by atomic mass is 10.0. The summed E-state index contributed by atoms with van der Waals surface area (Å²) in [4.78, 5) is 0. The molecule has 0 rings (SSSR count). The minimum absolute atomic E-state index is 0.187. The highest BCUT2D eigenvalue weighted by Crippen LogP contribution is 2.14. The van der Waals surface area contributed by atoms with Crippen LogP contribution >= 0.6 is 9.03 Å². The molecule has 0 saturated carbocycles. The van der Waals surface area contributed by atoms with Crippen LogP contribution in [0.2, 0.25) is 0 Å². The van der Waals surface area contributed by atoms with E-state index < -0.39 is 0 Å². The molecule has 0 aromatic heterocycles. The van der Waals surface area contributed by atoms with Crippen LogP contribution < -0.4 is 0 Å². The van der Waals surface area contributed by atoms with E-state index in [2.05, 4.69) is 6.92 Å². The average molecular weight is 377 g/mol. The van der Waals surface area contributed by atoms with Crippen molar-refractivity contribution in [2.24, 2.45) is 0 Å². The van der Waals surface area contributed by atoms with Crippen LogP contribution in [0.25, 0.3) is 0 Å². The molecule has 0 aliphatic carbocycles. The molecule has 0 fully saturated rings. The predicted octanol–water partition coefficient (Wildman–Crippen LogP) is 7.44. The fourth-order valence-electron chi connectivity index (χ4n) is 2.88. The zero-order valence-corrected chi connectivity index (χ0v) is 18.2. The Kier molecular flexibility index (Phi) is 24.6. The summed E-state index contributed by atoms with van der Waals surface area (Å²) >= 11 is 0. The van der Waals surface area contributed by atoms with Gasteiger partial charge in [-0.1, -0.05) is 90.4 Å². The Balaban J connectivity index is 2.94. The van der Waals surface area contributed by atoms with Gasteiger partial charge in [-0.15, -0.1) is 0 Å². The molecule has 0 radical (unpaired) electrons. The quantitative estimate of drug-likeness (QED) is 0.145. The molecule has 1 unspecified atom stereocenters. The van der Waals surface area contributed by atoms with Crippen LogP contribution in [-0.4, -0.2) is 26.4 Å². The second-order valence-electron chi connectivity index (χ2n) is 6.93. The molecular weight excluding hydrogens is 331 g/mol. The lowest BCUT2D eigenvalue weighted by molar-refractivity contribution is 0.116. The molecule has 0 bridgehead atoms. The normalized spacial score (nSPS) is 11.8. The molecule has 152 valence electrons. The van der Waals surface area contributed by atoms with E-state index in [0.717, 1.165) is 32.8 Å². The summed E-state index contributed by atoms with van der Waals surface area (Å²) in [5, 5.41) is 0. The van der Waals surface area contributed by atoms with Gasteiger partial charge in [0.05, 0.1) is 13.2 Å². The lowest BCUT2D eigenvalue weighted by Crippen LogP contribution is -2.00. The van der Waals surface area contributed by atoms with Gasteiger partial charge in [0, 0.05) is 13.2 Å². The van der Waals surface area contributed by atoms with Crippen molar-refractivity contribution in [1.29, 1.82) is 0 Å². The van der Waals surface area contributed by atoms with Crippen molar-refractivity contribution in [3.8, 4) is 0 Å². The van der Waals surface area contributed by atoms with Gasteiger partial charge in [-0.2, -0.15) is 0 Å². The van der Waals surface area contributed by atoms with Crippen LogP contribution in [-0.2, 0) is 13.8 Å². The Morgan fingerprint density at radius 3 is 1.48 bits per heavy atom. The maximum Gasteiger partial charge on any atom is 0.155 e. The van der Waals surface area contributed by atoms with Crippen molar-refractivity contribution < 1.29 is 13.8 Å². The summed E-state index contributed by atoms with van der Waals surface area (Å²) in [6.07, 6.45) is 20.6. The highest BCUT2D eigenvalue weighted by Gasteiger charge is 1.95. The molecule has 0 N–H and O–H groups in total. The first kappa shape index (κ1) is 25.3. The first-order valence-corrected chi connectivity index (χ1v) is 11.8. The number of rotatable bonds is 22. The largest absolute Gasteiger partial charge is 0.381 e. The SMILES string of the molecule is CCCCCCCCCCCCCCCCOCCCOPOCC. The molecule has 1 atom stereocenters. The monoisotopic (exact) mass is 376 g/mol. The number of ether oxygens (including phenoxy) is 1. The molecule has 25 heavy (non-hydrogen) atoms. The first-order valence-electron chi connectivity index (χ1n) is 11.0. The molecule has 0 aliphatic rings. The van der Waals surface area contributed by atoms with Gasteiger partial charge in [0.15, 0.2) is 9.03 Å². The fraction of sp³-hybridized carbons (Fsp3) is 1.00. The minimum Gasteiger partial charge on any atom is -0.381 e. The van der Waals surface area contributed by atoms with Crippen LogP contribution in [0.15, 0.2) is 0 Å². The van der Waals surface area contributed by atoms with Crippen molar-refractivity contribution in [1.82, 2.24) is 0 Å². The van der Waals surface area contributed by atoms with E-state index in [-0.39, 0.29) is 9.03 Å². The summed E-state index contributed by atoms with van der Waals surface area (Å²) < 4.78 is 16.1. The number of hydrogen-bond acceptors (Lipinski definition) is 3. The molecule has 4 heteroatoms. The van der Waals surface area contributed by atoms with E-state index in [9.17, 15) is 0 Å². The molecule has 0 aromatic carbocycles. The first-order chi connectivity index (χ1) is 12.4. The maximum absolute atomic E-state index is 5.63. The second-order valence-corrected chi connectivity index (χ2v) is 7.67. The summed E-state index contributed by atoms with van der Waals surface area (Å²) in [5.74, 6) is 0. The average Bonchev–Trinajstić information content (AvgIpc) is 2.63. The van der Waals surface area contributed by atoms with E-state index in [1.54, 1.807) is 0 Å². The number of hydrogen-bond donors (Lipinski definition) is 0. The fourth-order valence-corrected chi connectivity index (χ4v) is 3.31. The van der Waals surface area contributed by atoms with Gasteiger partial charge in [-0.3, -0.25) is 0 Å². The Morgan fingerprint density at radius 1 is 0.480 bits per heavy atom. The maximum atomic E-state index is 5.63.